The Bertz CT molecular complexity index is 712. The Labute approximate surface area is 191 Å². The van der Waals surface area contributed by atoms with Crippen LogP contribution in [0.4, 0.5) is 0 Å². The van der Waals surface area contributed by atoms with Gasteiger partial charge in [-0.15, -0.1) is 0 Å². The maximum Gasteiger partial charge on any atom is 0.135 e. The molecule has 0 N–H and O–H groups in total. The second kappa shape index (κ2) is 10.6. The Kier molecular flexibility index (Phi) is 8.41. The lowest BCUT2D eigenvalue weighted by Gasteiger charge is -2.40. The van der Waals surface area contributed by atoms with Gasteiger partial charge in [0.15, 0.2) is 0 Å². The molecule has 2 heteroatoms. The van der Waals surface area contributed by atoms with Crippen LogP contribution in [0.2, 0.25) is 0 Å². The smallest absolute Gasteiger partial charge is 0.135 e. The Morgan fingerprint density at radius 2 is 1.81 bits per heavy atom. The summed E-state index contributed by atoms with van der Waals surface area (Å²) in [5.41, 5.74) is 2.95. The fourth-order valence-corrected chi connectivity index (χ4v) is 6.29. The number of allylic oxidation sites excluding steroid dienone is 3. The third-order valence-corrected chi connectivity index (χ3v) is 8.29. The van der Waals surface area contributed by atoms with Crippen molar-refractivity contribution in [1.82, 2.24) is 0 Å². The fourth-order valence-electron chi connectivity index (χ4n) is 6.29. The Balaban J connectivity index is 0.000000176. The van der Waals surface area contributed by atoms with E-state index in [1.807, 2.05) is 0 Å². The molecule has 3 aliphatic carbocycles. The van der Waals surface area contributed by atoms with Gasteiger partial charge in [0.05, 0.1) is 6.10 Å². The normalized spacial score (nSPS) is 36.3. The van der Waals surface area contributed by atoms with E-state index in [0.29, 0.717) is 23.5 Å². The molecule has 4 aliphatic rings. The Morgan fingerprint density at radius 1 is 1.06 bits per heavy atom. The average Bonchev–Trinajstić information content (AvgIpc) is 3.28. The standard InChI is InChI=1S/C15H24O.C14H22O/c1-11-6-8-13(9-7-11)12(2)10-14-4-3-5-15(14)16;1-10(2)13-6-5-11(3)9-14(13)8-7-12(4)15-14/h6,12-14H,3-5,7-10H2,1-2H3;7-10,12-13H,5-6H2,1-4H3. The first kappa shape index (κ1) is 24.5. The molecule has 0 bridgehead atoms. The Morgan fingerprint density at radius 3 is 2.35 bits per heavy atom. The van der Waals surface area contributed by atoms with Gasteiger partial charge in [-0.1, -0.05) is 50.1 Å². The molecular formula is C29H46O2. The molecule has 1 heterocycles. The maximum atomic E-state index is 11.6. The molecule has 1 aliphatic heterocycles. The van der Waals surface area contributed by atoms with Gasteiger partial charge in [-0.25, -0.2) is 0 Å². The van der Waals surface area contributed by atoms with Gasteiger partial charge >= 0.3 is 0 Å². The Hall–Kier alpha value is -1.15. The van der Waals surface area contributed by atoms with Crippen molar-refractivity contribution >= 4 is 5.78 Å². The van der Waals surface area contributed by atoms with Gasteiger partial charge < -0.3 is 4.74 Å². The first-order chi connectivity index (χ1) is 14.7. The highest BCUT2D eigenvalue weighted by Gasteiger charge is 2.43. The van der Waals surface area contributed by atoms with E-state index < -0.39 is 0 Å². The summed E-state index contributed by atoms with van der Waals surface area (Å²) < 4.78 is 6.15. The van der Waals surface area contributed by atoms with Gasteiger partial charge in [-0.05, 0) is 102 Å². The number of hydrogen-bond acceptors (Lipinski definition) is 2. The summed E-state index contributed by atoms with van der Waals surface area (Å²) in [7, 11) is 0. The molecule has 0 aromatic rings. The molecule has 1 spiro atoms. The molecule has 4 rings (SSSR count). The largest absolute Gasteiger partial charge is 0.359 e. The van der Waals surface area contributed by atoms with Crippen LogP contribution >= 0.6 is 0 Å². The van der Waals surface area contributed by atoms with Crippen molar-refractivity contribution in [2.75, 3.05) is 0 Å². The zero-order chi connectivity index (χ0) is 22.6. The van der Waals surface area contributed by atoms with Gasteiger partial charge in [0.1, 0.15) is 11.4 Å². The van der Waals surface area contributed by atoms with Crippen molar-refractivity contribution in [3.05, 3.63) is 35.5 Å². The van der Waals surface area contributed by atoms with Crippen molar-refractivity contribution in [2.24, 2.45) is 29.6 Å². The third kappa shape index (κ3) is 6.21. The zero-order valence-corrected chi connectivity index (χ0v) is 21.0. The van der Waals surface area contributed by atoms with E-state index in [-0.39, 0.29) is 11.7 Å². The minimum atomic E-state index is -0.0874. The molecule has 31 heavy (non-hydrogen) atoms. The summed E-state index contributed by atoms with van der Waals surface area (Å²) in [6.45, 7) is 13.5. The van der Waals surface area contributed by atoms with Crippen LogP contribution in [0.3, 0.4) is 0 Å². The van der Waals surface area contributed by atoms with Gasteiger partial charge in [-0.2, -0.15) is 0 Å². The SMILES string of the molecule is CC1=CC2(C=CC(C)O2)C(C(C)C)CC1.CC1=CCC(C(C)CC2CCCC2=O)CC1. The van der Waals surface area contributed by atoms with Gasteiger partial charge in [0, 0.05) is 12.3 Å². The highest BCUT2D eigenvalue weighted by molar-refractivity contribution is 5.82. The summed E-state index contributed by atoms with van der Waals surface area (Å²) >= 11 is 0. The molecule has 174 valence electrons. The quantitative estimate of drug-likeness (QED) is 0.428. The van der Waals surface area contributed by atoms with Crippen LogP contribution in [0.25, 0.3) is 0 Å². The number of Topliss-reactive ketones (excluding diaryl/α,β-unsaturated/α-hetero) is 1. The van der Waals surface area contributed by atoms with E-state index in [2.05, 4.69) is 65.8 Å². The summed E-state index contributed by atoms with van der Waals surface area (Å²) in [6, 6.07) is 0. The summed E-state index contributed by atoms with van der Waals surface area (Å²) in [4.78, 5) is 11.6. The predicted octanol–water partition coefficient (Wildman–Crippen LogP) is 7.84. The second-order valence-corrected chi connectivity index (χ2v) is 11.3. The monoisotopic (exact) mass is 426 g/mol. The minimum Gasteiger partial charge on any atom is -0.359 e. The number of rotatable bonds is 4. The van der Waals surface area contributed by atoms with E-state index in [4.69, 9.17) is 4.74 Å². The molecule has 1 fully saturated rings. The molecule has 2 nitrogen and oxygen atoms in total. The minimum absolute atomic E-state index is 0.0874. The second-order valence-electron chi connectivity index (χ2n) is 11.3. The van der Waals surface area contributed by atoms with E-state index in [0.717, 1.165) is 37.5 Å². The number of carbonyl (C=O) groups excluding carboxylic acids is 1. The van der Waals surface area contributed by atoms with E-state index >= 15 is 0 Å². The van der Waals surface area contributed by atoms with E-state index in [1.54, 1.807) is 5.57 Å². The number of hydrogen-bond donors (Lipinski definition) is 0. The molecular weight excluding hydrogens is 380 g/mol. The van der Waals surface area contributed by atoms with Crippen LogP contribution in [0.5, 0.6) is 0 Å². The highest BCUT2D eigenvalue weighted by atomic mass is 16.5. The lowest BCUT2D eigenvalue weighted by atomic mass is 9.72. The number of carbonyl (C=O) groups is 1. The van der Waals surface area contributed by atoms with Crippen molar-refractivity contribution in [3.63, 3.8) is 0 Å². The summed E-state index contributed by atoms with van der Waals surface area (Å²) in [5.74, 6) is 3.83. The van der Waals surface area contributed by atoms with Crippen molar-refractivity contribution in [3.8, 4) is 0 Å². The van der Waals surface area contributed by atoms with Crippen LogP contribution in [0.15, 0.2) is 35.5 Å². The van der Waals surface area contributed by atoms with Crippen LogP contribution in [-0.4, -0.2) is 17.5 Å². The third-order valence-electron chi connectivity index (χ3n) is 8.29. The fraction of sp³-hybridized carbons (Fsp3) is 0.759. The van der Waals surface area contributed by atoms with Gasteiger partial charge in [-0.3, -0.25) is 4.79 Å². The lowest BCUT2D eigenvalue weighted by Crippen LogP contribution is -2.41. The molecule has 0 saturated heterocycles. The molecule has 6 unspecified atom stereocenters. The van der Waals surface area contributed by atoms with Crippen LogP contribution in [0.1, 0.15) is 99.3 Å². The molecule has 0 radical (unpaired) electrons. The number of ether oxygens (including phenoxy) is 1. The summed E-state index contributed by atoms with van der Waals surface area (Å²) in [6.07, 6.45) is 20.1. The van der Waals surface area contributed by atoms with Crippen molar-refractivity contribution in [2.45, 2.75) is 111 Å². The molecule has 6 atom stereocenters. The molecule has 0 amide bonds. The van der Waals surface area contributed by atoms with Gasteiger partial charge in [0.25, 0.3) is 0 Å². The van der Waals surface area contributed by atoms with Crippen molar-refractivity contribution in [1.29, 1.82) is 0 Å². The average molecular weight is 427 g/mol. The first-order valence-corrected chi connectivity index (χ1v) is 12.9. The van der Waals surface area contributed by atoms with E-state index in [9.17, 15) is 4.79 Å². The van der Waals surface area contributed by atoms with Crippen molar-refractivity contribution < 1.29 is 9.53 Å². The topological polar surface area (TPSA) is 26.3 Å². The van der Waals surface area contributed by atoms with Crippen LogP contribution in [0, 0.1) is 29.6 Å². The zero-order valence-electron chi connectivity index (χ0n) is 21.0. The van der Waals surface area contributed by atoms with E-state index in [1.165, 1.54) is 37.7 Å². The summed E-state index contributed by atoms with van der Waals surface area (Å²) in [5, 5.41) is 0. The molecule has 1 saturated carbocycles. The maximum absolute atomic E-state index is 11.6. The predicted molar refractivity (Wildman–Crippen MR) is 131 cm³/mol. The first-order valence-electron chi connectivity index (χ1n) is 12.9. The lowest BCUT2D eigenvalue weighted by molar-refractivity contribution is -0.121. The molecule has 0 aromatic carbocycles. The number of ketones is 1. The van der Waals surface area contributed by atoms with Crippen LogP contribution in [-0.2, 0) is 9.53 Å². The highest BCUT2D eigenvalue weighted by Crippen LogP contribution is 2.43. The van der Waals surface area contributed by atoms with Gasteiger partial charge in [0.2, 0.25) is 0 Å². The molecule has 0 aromatic heterocycles. The van der Waals surface area contributed by atoms with Crippen LogP contribution < -0.4 is 0 Å².